The molecular weight excluding hydrogens is 332 g/mol. The van der Waals surface area contributed by atoms with Crippen molar-refractivity contribution < 1.29 is 9.21 Å². The zero-order chi connectivity index (χ0) is 15.1. The second-order valence-corrected chi connectivity index (χ2v) is 5.35. The SMILES string of the molecule is CCN(CCCNC(=O)c1ccoc1Br)c1ccccc1. The normalized spacial score (nSPS) is 10.4. The molecule has 0 aliphatic carbocycles. The molecule has 0 spiro atoms. The van der Waals surface area contributed by atoms with Gasteiger partial charge in [0.05, 0.1) is 11.8 Å². The minimum atomic E-state index is -0.113. The molecule has 21 heavy (non-hydrogen) atoms. The molecule has 0 aliphatic heterocycles. The topological polar surface area (TPSA) is 45.5 Å². The molecule has 1 amide bonds. The molecule has 0 bridgehead atoms. The van der Waals surface area contributed by atoms with Gasteiger partial charge in [0.1, 0.15) is 0 Å². The van der Waals surface area contributed by atoms with Gasteiger partial charge >= 0.3 is 0 Å². The molecule has 2 rings (SSSR count). The van der Waals surface area contributed by atoms with Gasteiger partial charge in [-0.05, 0) is 47.5 Å². The molecule has 0 atom stereocenters. The van der Waals surface area contributed by atoms with E-state index in [2.05, 4.69) is 45.2 Å². The van der Waals surface area contributed by atoms with Crippen molar-refractivity contribution in [2.45, 2.75) is 13.3 Å². The zero-order valence-corrected chi connectivity index (χ0v) is 13.6. The maximum atomic E-state index is 11.9. The average molecular weight is 351 g/mol. The summed E-state index contributed by atoms with van der Waals surface area (Å²) in [7, 11) is 0. The van der Waals surface area contributed by atoms with Gasteiger partial charge in [0.25, 0.3) is 5.91 Å². The van der Waals surface area contributed by atoms with Crippen molar-refractivity contribution in [1.82, 2.24) is 5.32 Å². The number of nitrogens with one attached hydrogen (secondary N) is 1. The van der Waals surface area contributed by atoms with Crippen LogP contribution in [0, 0.1) is 0 Å². The third-order valence-electron chi connectivity index (χ3n) is 3.26. The summed E-state index contributed by atoms with van der Waals surface area (Å²) >= 11 is 3.21. The zero-order valence-electron chi connectivity index (χ0n) is 12.0. The fourth-order valence-electron chi connectivity index (χ4n) is 2.13. The van der Waals surface area contributed by atoms with Crippen LogP contribution in [0.1, 0.15) is 23.7 Å². The number of amides is 1. The third kappa shape index (κ3) is 4.36. The Labute approximate surface area is 133 Å². The summed E-state index contributed by atoms with van der Waals surface area (Å²) in [6.45, 7) is 4.63. The monoisotopic (exact) mass is 350 g/mol. The number of anilines is 1. The molecule has 112 valence electrons. The smallest absolute Gasteiger partial charge is 0.255 e. The molecule has 0 radical (unpaired) electrons. The predicted molar refractivity (Wildman–Crippen MR) is 87.7 cm³/mol. The summed E-state index contributed by atoms with van der Waals surface area (Å²) in [5.74, 6) is -0.113. The molecule has 2 aromatic rings. The molecule has 1 aromatic heterocycles. The van der Waals surface area contributed by atoms with E-state index in [1.807, 2.05) is 18.2 Å². The van der Waals surface area contributed by atoms with Gasteiger partial charge in [0.15, 0.2) is 4.67 Å². The number of rotatable bonds is 7. The van der Waals surface area contributed by atoms with Crippen LogP contribution in [0.3, 0.4) is 0 Å². The van der Waals surface area contributed by atoms with Crippen LogP contribution < -0.4 is 10.2 Å². The van der Waals surface area contributed by atoms with Gasteiger partial charge in [-0.25, -0.2) is 0 Å². The first-order valence-electron chi connectivity index (χ1n) is 7.03. The number of carbonyl (C=O) groups excluding carboxylic acids is 1. The predicted octanol–water partition coefficient (Wildman–Crippen LogP) is 3.69. The van der Waals surface area contributed by atoms with E-state index < -0.39 is 0 Å². The number of furan rings is 1. The lowest BCUT2D eigenvalue weighted by molar-refractivity contribution is 0.0951. The lowest BCUT2D eigenvalue weighted by atomic mass is 10.2. The maximum Gasteiger partial charge on any atom is 0.255 e. The van der Waals surface area contributed by atoms with Crippen molar-refractivity contribution in [2.24, 2.45) is 0 Å². The van der Waals surface area contributed by atoms with Crippen LogP contribution >= 0.6 is 15.9 Å². The molecule has 0 unspecified atom stereocenters. The molecule has 0 fully saturated rings. The summed E-state index contributed by atoms with van der Waals surface area (Å²) in [4.78, 5) is 14.2. The van der Waals surface area contributed by atoms with Gasteiger partial charge < -0.3 is 14.6 Å². The van der Waals surface area contributed by atoms with Crippen molar-refractivity contribution in [3.8, 4) is 0 Å². The highest BCUT2D eigenvalue weighted by Crippen LogP contribution is 2.17. The minimum Gasteiger partial charge on any atom is -0.457 e. The van der Waals surface area contributed by atoms with Crippen LogP contribution in [0.25, 0.3) is 0 Å². The lowest BCUT2D eigenvalue weighted by Crippen LogP contribution is -2.29. The summed E-state index contributed by atoms with van der Waals surface area (Å²) in [5, 5.41) is 2.90. The van der Waals surface area contributed by atoms with E-state index in [1.165, 1.54) is 12.0 Å². The largest absolute Gasteiger partial charge is 0.457 e. The van der Waals surface area contributed by atoms with Crippen LogP contribution in [0.5, 0.6) is 0 Å². The number of para-hydroxylation sites is 1. The van der Waals surface area contributed by atoms with E-state index in [9.17, 15) is 4.79 Å². The van der Waals surface area contributed by atoms with E-state index in [-0.39, 0.29) is 5.91 Å². The van der Waals surface area contributed by atoms with E-state index in [4.69, 9.17) is 4.42 Å². The van der Waals surface area contributed by atoms with Crippen LogP contribution in [0.2, 0.25) is 0 Å². The Kier molecular flexibility index (Phi) is 5.87. The summed E-state index contributed by atoms with van der Waals surface area (Å²) in [6, 6.07) is 11.9. The van der Waals surface area contributed by atoms with Gasteiger partial charge in [0.2, 0.25) is 0 Å². The fourth-order valence-corrected chi connectivity index (χ4v) is 2.55. The third-order valence-corrected chi connectivity index (χ3v) is 3.87. The second-order valence-electron chi connectivity index (χ2n) is 4.63. The van der Waals surface area contributed by atoms with Gasteiger partial charge in [-0.2, -0.15) is 0 Å². The quantitative estimate of drug-likeness (QED) is 0.774. The van der Waals surface area contributed by atoms with E-state index >= 15 is 0 Å². The molecule has 1 N–H and O–H groups in total. The van der Waals surface area contributed by atoms with E-state index in [0.717, 1.165) is 19.5 Å². The van der Waals surface area contributed by atoms with Crippen molar-refractivity contribution in [1.29, 1.82) is 0 Å². The minimum absolute atomic E-state index is 0.113. The Morgan fingerprint density at radius 2 is 2.05 bits per heavy atom. The average Bonchev–Trinajstić information content (AvgIpc) is 2.94. The van der Waals surface area contributed by atoms with Crippen LogP contribution in [0.4, 0.5) is 5.69 Å². The van der Waals surface area contributed by atoms with E-state index in [0.29, 0.717) is 16.8 Å². The first kappa shape index (κ1) is 15.6. The Balaban J connectivity index is 1.76. The highest BCUT2D eigenvalue weighted by atomic mass is 79.9. The summed E-state index contributed by atoms with van der Waals surface area (Å²) in [5.41, 5.74) is 1.74. The molecule has 4 nitrogen and oxygen atoms in total. The summed E-state index contributed by atoms with van der Waals surface area (Å²) in [6.07, 6.45) is 2.39. The standard InChI is InChI=1S/C16H19BrN2O2/c1-2-19(13-7-4-3-5-8-13)11-6-10-18-16(20)14-9-12-21-15(14)17/h3-5,7-9,12H,2,6,10-11H2,1H3,(H,18,20). The van der Waals surface area contributed by atoms with Gasteiger partial charge in [0, 0.05) is 25.3 Å². The van der Waals surface area contributed by atoms with Gasteiger partial charge in [-0.1, -0.05) is 18.2 Å². The van der Waals surface area contributed by atoms with Crippen LogP contribution in [-0.2, 0) is 0 Å². The fraction of sp³-hybridized carbons (Fsp3) is 0.312. The Morgan fingerprint density at radius 3 is 2.67 bits per heavy atom. The second kappa shape index (κ2) is 7.88. The highest BCUT2D eigenvalue weighted by Gasteiger charge is 2.11. The molecule has 1 heterocycles. The Hall–Kier alpha value is -1.75. The van der Waals surface area contributed by atoms with Crippen molar-refractivity contribution in [2.75, 3.05) is 24.5 Å². The number of halogens is 1. The van der Waals surface area contributed by atoms with Crippen molar-refractivity contribution in [3.05, 3.63) is 52.9 Å². The number of benzene rings is 1. The molecule has 5 heteroatoms. The van der Waals surface area contributed by atoms with Gasteiger partial charge in [-0.3, -0.25) is 4.79 Å². The van der Waals surface area contributed by atoms with Gasteiger partial charge in [-0.15, -0.1) is 0 Å². The Bertz CT molecular complexity index is 569. The molecule has 1 aromatic carbocycles. The van der Waals surface area contributed by atoms with E-state index in [1.54, 1.807) is 6.07 Å². The summed E-state index contributed by atoms with van der Waals surface area (Å²) < 4.78 is 5.52. The molecule has 0 saturated carbocycles. The lowest BCUT2D eigenvalue weighted by Gasteiger charge is -2.23. The number of nitrogens with zero attached hydrogens (tertiary/aromatic N) is 1. The number of hydrogen-bond donors (Lipinski definition) is 1. The maximum absolute atomic E-state index is 11.9. The molecular formula is C16H19BrN2O2. The first-order valence-corrected chi connectivity index (χ1v) is 7.83. The van der Waals surface area contributed by atoms with Crippen LogP contribution in [0.15, 0.2) is 51.7 Å². The van der Waals surface area contributed by atoms with Crippen molar-refractivity contribution in [3.63, 3.8) is 0 Å². The Morgan fingerprint density at radius 1 is 1.29 bits per heavy atom. The number of hydrogen-bond acceptors (Lipinski definition) is 3. The highest BCUT2D eigenvalue weighted by molar-refractivity contribution is 9.10. The van der Waals surface area contributed by atoms with Crippen LogP contribution in [-0.4, -0.2) is 25.5 Å². The molecule has 0 aliphatic rings. The molecule has 0 saturated heterocycles. The number of carbonyl (C=O) groups is 1. The van der Waals surface area contributed by atoms with Crippen molar-refractivity contribution >= 4 is 27.5 Å². The first-order chi connectivity index (χ1) is 10.2.